The highest BCUT2D eigenvalue weighted by molar-refractivity contribution is 6.34. The standard InChI is InChI=1S/C12H19Cl2N3/c1-12(2,7-15)8-17(3)6-9-5-16-11(14)4-10(9)13/h4-5H,6-8,15H2,1-3H3. The van der Waals surface area contributed by atoms with E-state index in [9.17, 15) is 0 Å². The van der Waals surface area contributed by atoms with Gasteiger partial charge in [-0.15, -0.1) is 0 Å². The van der Waals surface area contributed by atoms with Crippen molar-refractivity contribution in [3.63, 3.8) is 0 Å². The van der Waals surface area contributed by atoms with Gasteiger partial charge in [0, 0.05) is 29.9 Å². The molecule has 5 heteroatoms. The Bertz CT molecular complexity index is 380. The Balaban J connectivity index is 2.65. The van der Waals surface area contributed by atoms with Crippen LogP contribution in [0.4, 0.5) is 0 Å². The molecular weight excluding hydrogens is 257 g/mol. The number of pyridine rings is 1. The molecule has 0 spiro atoms. The lowest BCUT2D eigenvalue weighted by Gasteiger charge is -2.29. The molecular formula is C12H19Cl2N3. The topological polar surface area (TPSA) is 42.2 Å². The van der Waals surface area contributed by atoms with Crippen LogP contribution >= 0.6 is 23.2 Å². The molecule has 0 fully saturated rings. The van der Waals surface area contributed by atoms with Crippen molar-refractivity contribution in [2.75, 3.05) is 20.1 Å². The predicted octanol–water partition coefficient (Wildman–Crippen LogP) is 2.81. The van der Waals surface area contributed by atoms with Gasteiger partial charge in [-0.3, -0.25) is 0 Å². The van der Waals surface area contributed by atoms with Crippen LogP contribution in [-0.2, 0) is 6.54 Å². The number of nitrogens with zero attached hydrogens (tertiary/aromatic N) is 2. The molecule has 1 aromatic heterocycles. The maximum absolute atomic E-state index is 6.10. The van der Waals surface area contributed by atoms with Gasteiger partial charge in [0.1, 0.15) is 5.15 Å². The van der Waals surface area contributed by atoms with E-state index in [1.807, 2.05) is 7.05 Å². The molecule has 0 radical (unpaired) electrons. The van der Waals surface area contributed by atoms with E-state index in [0.717, 1.165) is 18.7 Å². The van der Waals surface area contributed by atoms with Gasteiger partial charge in [-0.25, -0.2) is 4.98 Å². The molecule has 0 amide bonds. The highest BCUT2D eigenvalue weighted by atomic mass is 35.5. The molecule has 2 N–H and O–H groups in total. The molecule has 0 aliphatic rings. The van der Waals surface area contributed by atoms with Crippen molar-refractivity contribution in [2.45, 2.75) is 20.4 Å². The average Bonchev–Trinajstić information content (AvgIpc) is 2.21. The predicted molar refractivity (Wildman–Crippen MR) is 73.4 cm³/mol. The van der Waals surface area contributed by atoms with E-state index in [2.05, 4.69) is 23.7 Å². The van der Waals surface area contributed by atoms with Crippen molar-refractivity contribution in [2.24, 2.45) is 11.1 Å². The SMILES string of the molecule is CN(Cc1cnc(Cl)cc1Cl)CC(C)(C)CN. The van der Waals surface area contributed by atoms with Gasteiger partial charge in [0.25, 0.3) is 0 Å². The first kappa shape index (κ1) is 14.7. The summed E-state index contributed by atoms with van der Waals surface area (Å²) in [4.78, 5) is 6.22. The molecule has 96 valence electrons. The lowest BCUT2D eigenvalue weighted by molar-refractivity contribution is 0.210. The highest BCUT2D eigenvalue weighted by Crippen LogP contribution is 2.21. The van der Waals surface area contributed by atoms with Gasteiger partial charge in [-0.05, 0) is 25.1 Å². The van der Waals surface area contributed by atoms with Crippen molar-refractivity contribution in [1.82, 2.24) is 9.88 Å². The lowest BCUT2D eigenvalue weighted by atomic mass is 9.93. The Morgan fingerprint density at radius 1 is 1.41 bits per heavy atom. The van der Waals surface area contributed by atoms with Gasteiger partial charge >= 0.3 is 0 Å². The highest BCUT2D eigenvalue weighted by Gasteiger charge is 2.18. The summed E-state index contributed by atoms with van der Waals surface area (Å²) in [6.45, 7) is 6.59. The molecule has 0 saturated carbocycles. The third kappa shape index (κ3) is 4.80. The molecule has 1 rings (SSSR count). The Kier molecular flexibility index (Phi) is 5.20. The number of halogens is 2. The molecule has 1 aromatic rings. The molecule has 17 heavy (non-hydrogen) atoms. The summed E-state index contributed by atoms with van der Waals surface area (Å²) in [5.41, 5.74) is 6.79. The molecule has 0 atom stereocenters. The molecule has 1 heterocycles. The molecule has 0 aliphatic carbocycles. The van der Waals surface area contributed by atoms with Crippen LogP contribution in [0.15, 0.2) is 12.3 Å². The van der Waals surface area contributed by atoms with Crippen LogP contribution in [0.3, 0.4) is 0 Å². The van der Waals surface area contributed by atoms with E-state index in [4.69, 9.17) is 28.9 Å². The normalized spacial score (nSPS) is 12.2. The van der Waals surface area contributed by atoms with Crippen LogP contribution in [0.1, 0.15) is 19.4 Å². The minimum atomic E-state index is 0.0983. The second-order valence-electron chi connectivity index (χ2n) is 5.14. The summed E-state index contributed by atoms with van der Waals surface area (Å²) in [7, 11) is 2.04. The van der Waals surface area contributed by atoms with Crippen LogP contribution in [0.5, 0.6) is 0 Å². The van der Waals surface area contributed by atoms with Crippen molar-refractivity contribution in [3.8, 4) is 0 Å². The second kappa shape index (κ2) is 6.01. The number of aromatic nitrogens is 1. The van der Waals surface area contributed by atoms with Crippen LogP contribution in [0, 0.1) is 5.41 Å². The second-order valence-corrected chi connectivity index (χ2v) is 5.93. The Morgan fingerprint density at radius 3 is 2.59 bits per heavy atom. The zero-order valence-electron chi connectivity index (χ0n) is 10.5. The van der Waals surface area contributed by atoms with Crippen molar-refractivity contribution < 1.29 is 0 Å². The zero-order chi connectivity index (χ0) is 13.1. The summed E-state index contributed by atoms with van der Waals surface area (Å²) >= 11 is 11.9. The molecule has 0 aromatic carbocycles. The monoisotopic (exact) mass is 275 g/mol. The Hall–Kier alpha value is -0.350. The Labute approximate surface area is 113 Å². The van der Waals surface area contributed by atoms with Gasteiger partial charge < -0.3 is 10.6 Å². The van der Waals surface area contributed by atoms with Gasteiger partial charge in [0.15, 0.2) is 0 Å². The molecule has 0 aliphatic heterocycles. The fraction of sp³-hybridized carbons (Fsp3) is 0.583. The fourth-order valence-corrected chi connectivity index (χ4v) is 2.12. The summed E-state index contributed by atoms with van der Waals surface area (Å²) in [5, 5.41) is 1.08. The number of rotatable bonds is 5. The third-order valence-electron chi connectivity index (χ3n) is 2.59. The summed E-state index contributed by atoms with van der Waals surface area (Å²) in [6.07, 6.45) is 1.72. The van der Waals surface area contributed by atoms with Gasteiger partial charge in [-0.1, -0.05) is 37.0 Å². The van der Waals surface area contributed by atoms with Crippen LogP contribution in [-0.4, -0.2) is 30.0 Å². The first-order valence-corrected chi connectivity index (χ1v) is 6.28. The first-order chi connectivity index (χ1) is 7.84. The number of hydrogen-bond acceptors (Lipinski definition) is 3. The van der Waals surface area contributed by atoms with E-state index >= 15 is 0 Å². The van der Waals surface area contributed by atoms with E-state index in [1.54, 1.807) is 12.3 Å². The van der Waals surface area contributed by atoms with Crippen molar-refractivity contribution in [1.29, 1.82) is 0 Å². The van der Waals surface area contributed by atoms with Gasteiger partial charge in [0.2, 0.25) is 0 Å². The fourth-order valence-electron chi connectivity index (χ4n) is 1.69. The minimum absolute atomic E-state index is 0.0983. The number of nitrogens with two attached hydrogens (primary N) is 1. The van der Waals surface area contributed by atoms with E-state index < -0.39 is 0 Å². The number of hydrogen-bond donors (Lipinski definition) is 1. The summed E-state index contributed by atoms with van der Waals surface area (Å²) in [5.74, 6) is 0. The largest absolute Gasteiger partial charge is 0.330 e. The van der Waals surface area contributed by atoms with Crippen LogP contribution in [0.2, 0.25) is 10.2 Å². The first-order valence-electron chi connectivity index (χ1n) is 5.52. The van der Waals surface area contributed by atoms with Crippen LogP contribution < -0.4 is 5.73 Å². The quantitative estimate of drug-likeness (QED) is 0.841. The summed E-state index contributed by atoms with van der Waals surface area (Å²) in [6, 6.07) is 1.67. The van der Waals surface area contributed by atoms with Crippen LogP contribution in [0.25, 0.3) is 0 Å². The average molecular weight is 276 g/mol. The van der Waals surface area contributed by atoms with Gasteiger partial charge in [0.05, 0.1) is 0 Å². The zero-order valence-corrected chi connectivity index (χ0v) is 12.0. The third-order valence-corrected chi connectivity index (χ3v) is 3.15. The maximum atomic E-state index is 6.10. The van der Waals surface area contributed by atoms with E-state index in [0.29, 0.717) is 16.7 Å². The molecule has 0 unspecified atom stereocenters. The maximum Gasteiger partial charge on any atom is 0.130 e. The van der Waals surface area contributed by atoms with Crippen molar-refractivity contribution in [3.05, 3.63) is 28.0 Å². The molecule has 3 nitrogen and oxygen atoms in total. The molecule has 0 bridgehead atoms. The minimum Gasteiger partial charge on any atom is -0.330 e. The lowest BCUT2D eigenvalue weighted by Crippen LogP contribution is -2.36. The Morgan fingerprint density at radius 2 is 2.06 bits per heavy atom. The van der Waals surface area contributed by atoms with Gasteiger partial charge in [-0.2, -0.15) is 0 Å². The summed E-state index contributed by atoms with van der Waals surface area (Å²) < 4.78 is 0. The van der Waals surface area contributed by atoms with E-state index in [-0.39, 0.29) is 5.41 Å². The molecule has 0 saturated heterocycles. The smallest absolute Gasteiger partial charge is 0.130 e. The van der Waals surface area contributed by atoms with E-state index in [1.165, 1.54) is 0 Å². The van der Waals surface area contributed by atoms with Crippen molar-refractivity contribution >= 4 is 23.2 Å².